The minimum Gasteiger partial charge on any atom is -0.333 e. The smallest absolute Gasteiger partial charge is 0.321 e. The first-order valence-electron chi connectivity index (χ1n) is 9.97. The maximum Gasteiger partial charge on any atom is 0.321 e. The molecule has 3 aromatic rings. The lowest BCUT2D eigenvalue weighted by molar-refractivity contribution is 0.102. The van der Waals surface area contributed by atoms with Gasteiger partial charge in [0.15, 0.2) is 5.13 Å². The van der Waals surface area contributed by atoms with E-state index in [1.807, 2.05) is 41.5 Å². The third kappa shape index (κ3) is 4.97. The molecule has 6 nitrogen and oxygen atoms in total. The van der Waals surface area contributed by atoms with Crippen molar-refractivity contribution in [3.8, 4) is 0 Å². The van der Waals surface area contributed by atoms with Crippen LogP contribution in [0.15, 0.2) is 30.3 Å². The van der Waals surface area contributed by atoms with Crippen LogP contribution in [-0.2, 0) is 0 Å². The molecule has 3 rings (SSSR count). The standard InChI is InChI=1S/C23H28N4O2S/c1-7-23(5,6)27-21(29)26-22-24-17-9-8-16(12-18(17)30-22)20(28)25-19-14(3)10-13(2)11-15(19)4/h8-12H,7H2,1-6H3,(H,25,28)(H2,24,26,27,29). The number of hydrogen-bond acceptors (Lipinski definition) is 4. The van der Waals surface area contributed by atoms with Gasteiger partial charge in [0.1, 0.15) is 0 Å². The van der Waals surface area contributed by atoms with Gasteiger partial charge in [-0.1, -0.05) is 36.0 Å². The number of aryl methyl sites for hydroxylation is 3. The van der Waals surface area contributed by atoms with Crippen molar-refractivity contribution in [3.63, 3.8) is 0 Å². The van der Waals surface area contributed by atoms with Crippen molar-refractivity contribution < 1.29 is 9.59 Å². The molecule has 3 amide bonds. The van der Waals surface area contributed by atoms with E-state index < -0.39 is 0 Å². The lowest BCUT2D eigenvalue weighted by Crippen LogP contribution is -2.44. The van der Waals surface area contributed by atoms with Crippen molar-refractivity contribution >= 4 is 44.3 Å². The summed E-state index contributed by atoms with van der Waals surface area (Å²) in [7, 11) is 0. The molecule has 0 aliphatic carbocycles. The molecule has 0 unspecified atom stereocenters. The molecule has 7 heteroatoms. The molecule has 0 saturated heterocycles. The van der Waals surface area contributed by atoms with Crippen LogP contribution in [0.25, 0.3) is 10.2 Å². The van der Waals surface area contributed by atoms with E-state index in [0.29, 0.717) is 10.7 Å². The molecular weight excluding hydrogens is 396 g/mol. The first-order valence-corrected chi connectivity index (χ1v) is 10.8. The van der Waals surface area contributed by atoms with Crippen LogP contribution in [0.1, 0.15) is 54.2 Å². The number of carbonyl (C=O) groups is 2. The number of nitrogens with zero attached hydrogens (tertiary/aromatic N) is 1. The SMILES string of the molecule is CCC(C)(C)NC(=O)Nc1nc2ccc(C(=O)Nc3c(C)cc(C)cc3C)cc2s1. The highest BCUT2D eigenvalue weighted by atomic mass is 32.1. The minimum absolute atomic E-state index is 0.169. The van der Waals surface area contributed by atoms with E-state index in [1.54, 1.807) is 18.2 Å². The third-order valence-corrected chi connectivity index (χ3v) is 6.06. The Labute approximate surface area is 181 Å². The first kappa shape index (κ1) is 21.8. The Hall–Kier alpha value is -2.93. The summed E-state index contributed by atoms with van der Waals surface area (Å²) in [6.45, 7) is 12.0. The Morgan fingerprint density at radius 2 is 1.70 bits per heavy atom. The van der Waals surface area contributed by atoms with Crippen molar-refractivity contribution in [1.82, 2.24) is 10.3 Å². The van der Waals surface area contributed by atoms with Gasteiger partial charge in [0.05, 0.1) is 10.2 Å². The fraction of sp³-hybridized carbons (Fsp3) is 0.348. The summed E-state index contributed by atoms with van der Waals surface area (Å²) in [4.78, 5) is 29.5. The number of thiazole rings is 1. The number of aromatic nitrogens is 1. The van der Waals surface area contributed by atoms with Crippen molar-refractivity contribution in [2.75, 3.05) is 10.6 Å². The van der Waals surface area contributed by atoms with Gasteiger partial charge in [-0.05, 0) is 70.4 Å². The van der Waals surface area contributed by atoms with Crippen LogP contribution in [0.4, 0.5) is 15.6 Å². The number of urea groups is 1. The summed E-state index contributed by atoms with van der Waals surface area (Å²) in [5, 5.41) is 9.23. The molecule has 1 aromatic heterocycles. The molecule has 0 fully saturated rings. The van der Waals surface area contributed by atoms with E-state index in [0.717, 1.165) is 33.5 Å². The lowest BCUT2D eigenvalue weighted by Gasteiger charge is -2.24. The number of hydrogen-bond donors (Lipinski definition) is 3. The average molecular weight is 425 g/mol. The summed E-state index contributed by atoms with van der Waals surface area (Å²) in [6.07, 6.45) is 0.818. The summed E-state index contributed by atoms with van der Waals surface area (Å²) >= 11 is 1.34. The zero-order chi connectivity index (χ0) is 22.1. The Bertz CT molecular complexity index is 1090. The first-order chi connectivity index (χ1) is 14.1. The second-order valence-corrected chi connectivity index (χ2v) is 9.28. The van der Waals surface area contributed by atoms with E-state index in [4.69, 9.17) is 0 Å². The number of rotatable bonds is 5. The summed E-state index contributed by atoms with van der Waals surface area (Å²) in [5.41, 5.74) is 5.07. The number of carbonyl (C=O) groups excluding carboxylic acids is 2. The highest BCUT2D eigenvalue weighted by Crippen LogP contribution is 2.28. The molecule has 3 N–H and O–H groups in total. The van der Waals surface area contributed by atoms with Crippen LogP contribution in [0, 0.1) is 20.8 Å². The Balaban J connectivity index is 1.77. The second-order valence-electron chi connectivity index (χ2n) is 8.25. The van der Waals surface area contributed by atoms with Gasteiger partial charge in [-0.15, -0.1) is 0 Å². The normalized spacial score (nSPS) is 11.4. The van der Waals surface area contributed by atoms with Crippen LogP contribution in [0.5, 0.6) is 0 Å². The van der Waals surface area contributed by atoms with Crippen molar-refractivity contribution in [1.29, 1.82) is 0 Å². The predicted octanol–water partition coefficient (Wildman–Crippen LogP) is 5.78. The number of fused-ring (bicyclic) bond motifs is 1. The lowest BCUT2D eigenvalue weighted by atomic mass is 10.0. The second kappa shape index (κ2) is 8.44. The molecule has 0 atom stereocenters. The van der Waals surface area contributed by atoms with Gasteiger partial charge >= 0.3 is 6.03 Å². The van der Waals surface area contributed by atoms with Crippen molar-refractivity contribution in [2.45, 2.75) is 53.5 Å². The van der Waals surface area contributed by atoms with Gasteiger partial charge in [0, 0.05) is 16.8 Å². The van der Waals surface area contributed by atoms with Gasteiger partial charge in [0.25, 0.3) is 5.91 Å². The van der Waals surface area contributed by atoms with E-state index in [-0.39, 0.29) is 17.5 Å². The summed E-state index contributed by atoms with van der Waals surface area (Å²) in [6, 6.07) is 9.18. The summed E-state index contributed by atoms with van der Waals surface area (Å²) < 4.78 is 0.838. The molecule has 0 spiro atoms. The molecule has 2 aromatic carbocycles. The zero-order valence-corrected chi connectivity index (χ0v) is 19.1. The van der Waals surface area contributed by atoms with E-state index >= 15 is 0 Å². The Kier molecular flexibility index (Phi) is 6.12. The fourth-order valence-electron chi connectivity index (χ4n) is 3.21. The largest absolute Gasteiger partial charge is 0.333 e. The monoisotopic (exact) mass is 424 g/mol. The Morgan fingerprint density at radius 3 is 2.33 bits per heavy atom. The third-order valence-electron chi connectivity index (χ3n) is 5.12. The van der Waals surface area contributed by atoms with E-state index in [1.165, 1.54) is 16.9 Å². The summed E-state index contributed by atoms with van der Waals surface area (Å²) in [5.74, 6) is -0.169. The van der Waals surface area contributed by atoms with Gasteiger partial charge < -0.3 is 10.6 Å². The molecule has 0 saturated carbocycles. The number of nitrogens with one attached hydrogen (secondary N) is 3. The van der Waals surface area contributed by atoms with Crippen molar-refractivity contribution in [3.05, 3.63) is 52.6 Å². The highest BCUT2D eigenvalue weighted by Gasteiger charge is 2.19. The maximum absolute atomic E-state index is 12.8. The van der Waals surface area contributed by atoms with E-state index in [9.17, 15) is 9.59 Å². The minimum atomic E-state index is -0.293. The van der Waals surface area contributed by atoms with Gasteiger partial charge in [-0.3, -0.25) is 10.1 Å². The van der Waals surface area contributed by atoms with Gasteiger partial charge in [-0.25, -0.2) is 9.78 Å². The zero-order valence-electron chi connectivity index (χ0n) is 18.3. The van der Waals surface area contributed by atoms with Crippen LogP contribution < -0.4 is 16.0 Å². The molecule has 30 heavy (non-hydrogen) atoms. The molecule has 0 aliphatic rings. The van der Waals surface area contributed by atoms with Crippen LogP contribution >= 0.6 is 11.3 Å². The quantitative estimate of drug-likeness (QED) is 0.485. The van der Waals surface area contributed by atoms with Crippen LogP contribution in [-0.4, -0.2) is 22.5 Å². The molecule has 0 bridgehead atoms. The highest BCUT2D eigenvalue weighted by molar-refractivity contribution is 7.22. The molecule has 158 valence electrons. The molecule has 0 aliphatic heterocycles. The van der Waals surface area contributed by atoms with Crippen molar-refractivity contribution in [2.24, 2.45) is 0 Å². The number of anilines is 2. The predicted molar refractivity (Wildman–Crippen MR) is 125 cm³/mol. The van der Waals surface area contributed by atoms with Gasteiger partial charge in [0.2, 0.25) is 0 Å². The molecular formula is C23H28N4O2S. The fourth-order valence-corrected chi connectivity index (χ4v) is 4.11. The molecule has 1 heterocycles. The average Bonchev–Trinajstić information content (AvgIpc) is 3.05. The number of benzene rings is 2. The number of amides is 3. The van der Waals surface area contributed by atoms with Crippen LogP contribution in [0.3, 0.4) is 0 Å². The molecule has 0 radical (unpaired) electrons. The topological polar surface area (TPSA) is 83.1 Å². The van der Waals surface area contributed by atoms with E-state index in [2.05, 4.69) is 33.1 Å². The Morgan fingerprint density at radius 1 is 1.03 bits per heavy atom. The van der Waals surface area contributed by atoms with Crippen LogP contribution in [0.2, 0.25) is 0 Å². The van der Waals surface area contributed by atoms with Gasteiger partial charge in [-0.2, -0.15) is 0 Å². The maximum atomic E-state index is 12.8.